The Hall–Kier alpha value is -1.89. The first-order chi connectivity index (χ1) is 12.5. The van der Waals surface area contributed by atoms with E-state index in [4.69, 9.17) is 28.6 Å². The van der Waals surface area contributed by atoms with Gasteiger partial charge in [-0.2, -0.15) is 0 Å². The second-order valence-corrected chi connectivity index (χ2v) is 7.61. The number of carbonyl (C=O) groups is 1. The molecule has 3 nitrogen and oxygen atoms in total. The van der Waals surface area contributed by atoms with Crippen LogP contribution in [0.4, 0.5) is 4.39 Å². The molecule has 7 heteroatoms. The van der Waals surface area contributed by atoms with Crippen LogP contribution in [-0.2, 0) is 11.4 Å². The molecule has 0 aromatic heterocycles. The van der Waals surface area contributed by atoms with Crippen LogP contribution in [-0.4, -0.2) is 21.7 Å². The van der Waals surface area contributed by atoms with E-state index in [9.17, 15) is 9.18 Å². The molecule has 1 aliphatic rings. The molecule has 0 spiro atoms. The molecular formula is C19H15ClFNO2S2. The second-order valence-electron chi connectivity index (χ2n) is 5.53. The Balaban J connectivity index is 1.71. The SMILES string of the molecule is CCN1C(=O)C(=Cc2ccc(OCc3ccc(F)cc3)c(Cl)c2)SC1=S. The molecule has 2 aromatic carbocycles. The number of ether oxygens (including phenoxy) is 1. The lowest BCUT2D eigenvalue weighted by molar-refractivity contribution is -0.121. The summed E-state index contributed by atoms with van der Waals surface area (Å²) >= 11 is 12.8. The van der Waals surface area contributed by atoms with Crippen LogP contribution in [0.2, 0.25) is 5.02 Å². The van der Waals surface area contributed by atoms with Crippen molar-refractivity contribution in [3.05, 3.63) is 69.3 Å². The second kappa shape index (κ2) is 8.20. The van der Waals surface area contributed by atoms with Gasteiger partial charge in [0.25, 0.3) is 5.91 Å². The number of benzene rings is 2. The van der Waals surface area contributed by atoms with Crippen molar-refractivity contribution in [2.45, 2.75) is 13.5 Å². The van der Waals surface area contributed by atoms with Crippen LogP contribution >= 0.6 is 35.6 Å². The molecule has 0 bridgehead atoms. The Labute approximate surface area is 165 Å². The van der Waals surface area contributed by atoms with Crippen molar-refractivity contribution in [3.8, 4) is 5.75 Å². The summed E-state index contributed by atoms with van der Waals surface area (Å²) in [6.07, 6.45) is 1.77. The highest BCUT2D eigenvalue weighted by Crippen LogP contribution is 2.34. The van der Waals surface area contributed by atoms with Gasteiger partial charge in [0.2, 0.25) is 0 Å². The summed E-state index contributed by atoms with van der Waals surface area (Å²) in [4.78, 5) is 14.4. The van der Waals surface area contributed by atoms with E-state index in [0.29, 0.717) is 26.5 Å². The van der Waals surface area contributed by atoms with Crippen LogP contribution in [0.5, 0.6) is 5.75 Å². The smallest absolute Gasteiger partial charge is 0.266 e. The van der Waals surface area contributed by atoms with Gasteiger partial charge >= 0.3 is 0 Å². The van der Waals surface area contributed by atoms with Gasteiger partial charge in [-0.25, -0.2) is 4.39 Å². The Kier molecular flexibility index (Phi) is 5.96. The lowest BCUT2D eigenvalue weighted by atomic mass is 10.2. The van der Waals surface area contributed by atoms with Crippen molar-refractivity contribution >= 4 is 51.9 Å². The molecular weight excluding hydrogens is 393 g/mol. The fourth-order valence-electron chi connectivity index (χ4n) is 2.39. The minimum Gasteiger partial charge on any atom is -0.487 e. The summed E-state index contributed by atoms with van der Waals surface area (Å²) in [6, 6.07) is 11.4. The summed E-state index contributed by atoms with van der Waals surface area (Å²) in [5, 5.41) is 0.437. The lowest BCUT2D eigenvalue weighted by Crippen LogP contribution is -2.27. The topological polar surface area (TPSA) is 29.5 Å². The minimum absolute atomic E-state index is 0.0877. The normalized spacial score (nSPS) is 15.8. The Bertz CT molecular complexity index is 884. The zero-order valence-electron chi connectivity index (χ0n) is 13.9. The molecule has 26 heavy (non-hydrogen) atoms. The number of thioether (sulfide) groups is 1. The number of amides is 1. The molecule has 1 amide bonds. The van der Waals surface area contributed by atoms with Gasteiger partial charge in [0, 0.05) is 6.54 Å². The van der Waals surface area contributed by atoms with E-state index in [1.807, 2.05) is 13.0 Å². The van der Waals surface area contributed by atoms with Gasteiger partial charge in [-0.1, -0.05) is 53.8 Å². The Morgan fingerprint density at radius 2 is 2.00 bits per heavy atom. The maximum atomic E-state index is 12.9. The van der Waals surface area contributed by atoms with Crippen molar-refractivity contribution in [2.75, 3.05) is 6.54 Å². The molecule has 0 aliphatic carbocycles. The summed E-state index contributed by atoms with van der Waals surface area (Å²) in [5.41, 5.74) is 1.63. The van der Waals surface area contributed by atoms with Crippen molar-refractivity contribution < 1.29 is 13.9 Å². The summed E-state index contributed by atoms with van der Waals surface area (Å²) in [5.74, 6) is 0.147. The minimum atomic E-state index is -0.287. The average molecular weight is 408 g/mol. The highest BCUT2D eigenvalue weighted by molar-refractivity contribution is 8.26. The predicted molar refractivity (Wildman–Crippen MR) is 108 cm³/mol. The van der Waals surface area contributed by atoms with Gasteiger partial charge in [-0.15, -0.1) is 0 Å². The zero-order valence-corrected chi connectivity index (χ0v) is 16.3. The molecule has 0 saturated carbocycles. The Morgan fingerprint density at radius 1 is 1.27 bits per heavy atom. The number of hydrogen-bond donors (Lipinski definition) is 0. The summed E-state index contributed by atoms with van der Waals surface area (Å²) in [6.45, 7) is 2.73. The third kappa shape index (κ3) is 4.26. The third-order valence-electron chi connectivity index (χ3n) is 3.75. The van der Waals surface area contributed by atoms with Crippen molar-refractivity contribution in [3.63, 3.8) is 0 Å². The quantitative estimate of drug-likeness (QED) is 0.498. The maximum Gasteiger partial charge on any atom is 0.266 e. The van der Waals surface area contributed by atoms with E-state index in [0.717, 1.165) is 11.1 Å². The number of halogens is 2. The molecule has 1 saturated heterocycles. The molecule has 134 valence electrons. The van der Waals surface area contributed by atoms with E-state index in [1.165, 1.54) is 23.9 Å². The van der Waals surface area contributed by atoms with Crippen molar-refractivity contribution in [2.24, 2.45) is 0 Å². The van der Waals surface area contributed by atoms with Crippen molar-refractivity contribution in [1.82, 2.24) is 4.90 Å². The number of thiocarbonyl (C=S) groups is 1. The van der Waals surface area contributed by atoms with Gasteiger partial charge in [0.1, 0.15) is 22.5 Å². The van der Waals surface area contributed by atoms with E-state index in [-0.39, 0.29) is 18.3 Å². The first-order valence-electron chi connectivity index (χ1n) is 7.90. The zero-order chi connectivity index (χ0) is 18.7. The van der Waals surface area contributed by atoms with Gasteiger partial charge in [0.15, 0.2) is 0 Å². The standard InChI is InChI=1S/C19H15ClFNO2S2/c1-2-22-18(23)17(26-19(22)25)10-13-5-8-16(15(20)9-13)24-11-12-3-6-14(21)7-4-12/h3-10H,2,11H2,1H3. The monoisotopic (exact) mass is 407 g/mol. The van der Waals surface area contributed by atoms with E-state index < -0.39 is 0 Å². The fourth-order valence-corrected chi connectivity index (χ4v) is 4.02. The predicted octanol–water partition coefficient (Wildman–Crippen LogP) is 5.28. The summed E-state index contributed by atoms with van der Waals surface area (Å²) in [7, 11) is 0. The molecule has 0 atom stereocenters. The number of rotatable bonds is 5. The lowest BCUT2D eigenvalue weighted by Gasteiger charge is -2.10. The molecule has 3 rings (SSSR count). The number of hydrogen-bond acceptors (Lipinski definition) is 4. The van der Waals surface area contributed by atoms with Gasteiger partial charge in [-0.3, -0.25) is 9.69 Å². The van der Waals surface area contributed by atoms with Crippen LogP contribution in [0.15, 0.2) is 47.4 Å². The first kappa shape index (κ1) is 18.9. The highest BCUT2D eigenvalue weighted by atomic mass is 35.5. The van der Waals surface area contributed by atoms with Gasteiger partial charge < -0.3 is 4.74 Å². The van der Waals surface area contributed by atoms with E-state index in [1.54, 1.807) is 35.2 Å². The molecule has 0 radical (unpaired) electrons. The van der Waals surface area contributed by atoms with E-state index >= 15 is 0 Å². The average Bonchev–Trinajstić information content (AvgIpc) is 2.88. The maximum absolute atomic E-state index is 12.9. The van der Waals surface area contributed by atoms with Crippen LogP contribution < -0.4 is 4.74 Å². The summed E-state index contributed by atoms with van der Waals surface area (Å²) < 4.78 is 19.2. The molecule has 1 fully saturated rings. The Morgan fingerprint density at radius 3 is 2.62 bits per heavy atom. The first-order valence-corrected chi connectivity index (χ1v) is 9.50. The third-order valence-corrected chi connectivity index (χ3v) is 5.42. The largest absolute Gasteiger partial charge is 0.487 e. The van der Waals surface area contributed by atoms with Gasteiger partial charge in [0.05, 0.1) is 9.93 Å². The molecule has 0 N–H and O–H groups in total. The molecule has 0 unspecified atom stereocenters. The van der Waals surface area contributed by atoms with Crippen LogP contribution in [0, 0.1) is 5.82 Å². The van der Waals surface area contributed by atoms with Crippen LogP contribution in [0.25, 0.3) is 6.08 Å². The number of nitrogens with zero attached hydrogens (tertiary/aromatic N) is 1. The highest BCUT2D eigenvalue weighted by Gasteiger charge is 2.30. The van der Waals surface area contributed by atoms with Crippen LogP contribution in [0.3, 0.4) is 0 Å². The molecule has 2 aromatic rings. The molecule has 1 aliphatic heterocycles. The van der Waals surface area contributed by atoms with Crippen LogP contribution in [0.1, 0.15) is 18.1 Å². The van der Waals surface area contributed by atoms with E-state index in [2.05, 4.69) is 0 Å². The molecule has 1 heterocycles. The van der Waals surface area contributed by atoms with Gasteiger partial charge in [-0.05, 0) is 48.4 Å². The number of likely N-dealkylation sites (N-methyl/N-ethyl adjacent to an activating group) is 1. The fraction of sp³-hybridized carbons (Fsp3) is 0.158. The van der Waals surface area contributed by atoms with Crippen molar-refractivity contribution in [1.29, 1.82) is 0 Å². The number of carbonyl (C=O) groups excluding carboxylic acids is 1.